The summed E-state index contributed by atoms with van der Waals surface area (Å²) in [4.78, 5) is 13.5. The average Bonchev–Trinajstić information content (AvgIpc) is 2.81. The minimum absolute atomic E-state index is 0.0273. The smallest absolute Gasteiger partial charge is 0.256 e. The molecular weight excluding hydrogens is 467 g/mol. The van der Waals surface area contributed by atoms with E-state index in [1.165, 1.54) is 0 Å². The first kappa shape index (κ1) is 23.9. The van der Waals surface area contributed by atoms with Crippen molar-refractivity contribution in [2.45, 2.75) is 32.9 Å². The fourth-order valence-corrected chi connectivity index (χ4v) is 4.05. The van der Waals surface area contributed by atoms with E-state index in [2.05, 4.69) is 5.32 Å². The van der Waals surface area contributed by atoms with Gasteiger partial charge in [0.1, 0.15) is 5.75 Å². The summed E-state index contributed by atoms with van der Waals surface area (Å²) in [5.41, 5.74) is 4.20. The summed E-state index contributed by atoms with van der Waals surface area (Å²) >= 11 is 12.5. The Morgan fingerprint density at radius 1 is 0.912 bits per heavy atom. The lowest BCUT2D eigenvalue weighted by molar-refractivity contribution is 0.242. The van der Waals surface area contributed by atoms with Crippen molar-refractivity contribution in [2.75, 3.05) is 5.32 Å². The Morgan fingerprint density at radius 2 is 1.65 bits per heavy atom. The van der Waals surface area contributed by atoms with Gasteiger partial charge in [0.25, 0.3) is 5.56 Å². The number of nitrogens with zero attached hydrogens (tertiary/aromatic N) is 1. The van der Waals surface area contributed by atoms with Crippen LogP contribution in [0.1, 0.15) is 30.5 Å². The molecule has 1 aromatic heterocycles. The Morgan fingerprint density at radius 3 is 2.32 bits per heavy atom. The topological polar surface area (TPSA) is 43.3 Å². The Bertz CT molecular complexity index is 1320. The molecule has 0 aliphatic carbocycles. The highest BCUT2D eigenvalue weighted by atomic mass is 35.5. The third kappa shape index (κ3) is 6.02. The second-order valence-electron chi connectivity index (χ2n) is 8.37. The summed E-state index contributed by atoms with van der Waals surface area (Å²) in [6.45, 7) is 4.41. The van der Waals surface area contributed by atoms with Crippen LogP contribution in [0.4, 0.5) is 11.4 Å². The number of hydrogen-bond donors (Lipinski definition) is 1. The minimum atomic E-state index is -0.0466. The summed E-state index contributed by atoms with van der Waals surface area (Å²) in [6.07, 6.45) is 2.32. The maximum Gasteiger partial charge on any atom is 0.256 e. The standard InChI is InChI=1S/C28H26Cl2N2O2/c1-19(2)34-27-13-12-23(17-25(27)30)31-26-14-15-32(18-21-6-4-3-5-7-21)28(33)24(26)16-20-8-10-22(29)11-9-20/h3-15,17,19,31H,16,18H2,1-2H3. The molecule has 4 aromatic rings. The highest BCUT2D eigenvalue weighted by Gasteiger charge is 2.13. The van der Waals surface area contributed by atoms with Crippen molar-refractivity contribution < 1.29 is 4.74 Å². The van der Waals surface area contributed by atoms with Gasteiger partial charge in [0.15, 0.2) is 0 Å². The van der Waals surface area contributed by atoms with Gasteiger partial charge in [-0.25, -0.2) is 0 Å². The third-order valence-electron chi connectivity index (χ3n) is 5.33. The van der Waals surface area contributed by atoms with Crippen LogP contribution >= 0.6 is 23.2 Å². The van der Waals surface area contributed by atoms with Gasteiger partial charge in [-0.1, -0.05) is 65.7 Å². The van der Waals surface area contributed by atoms with Crippen molar-refractivity contribution in [1.82, 2.24) is 4.57 Å². The maximum absolute atomic E-state index is 13.5. The highest BCUT2D eigenvalue weighted by molar-refractivity contribution is 6.32. The molecule has 3 aromatic carbocycles. The summed E-state index contributed by atoms with van der Waals surface area (Å²) in [7, 11) is 0. The summed E-state index contributed by atoms with van der Waals surface area (Å²) in [6, 6.07) is 25.0. The first-order valence-electron chi connectivity index (χ1n) is 11.1. The summed E-state index contributed by atoms with van der Waals surface area (Å²) in [5, 5.41) is 4.55. The van der Waals surface area contributed by atoms with Gasteiger partial charge < -0.3 is 14.6 Å². The number of halogens is 2. The molecule has 0 aliphatic rings. The van der Waals surface area contributed by atoms with Crippen LogP contribution in [0.25, 0.3) is 0 Å². The number of pyridine rings is 1. The molecular formula is C28H26Cl2N2O2. The molecule has 0 amide bonds. The maximum atomic E-state index is 13.5. The lowest BCUT2D eigenvalue weighted by atomic mass is 10.0. The quantitative estimate of drug-likeness (QED) is 0.280. The van der Waals surface area contributed by atoms with Crippen LogP contribution < -0.4 is 15.6 Å². The number of benzene rings is 3. The Kier molecular flexibility index (Phi) is 7.61. The van der Waals surface area contributed by atoms with Crippen LogP contribution in [-0.2, 0) is 13.0 Å². The first-order chi connectivity index (χ1) is 16.4. The van der Waals surface area contributed by atoms with Crippen LogP contribution in [0.15, 0.2) is 89.9 Å². The Labute approximate surface area is 209 Å². The molecule has 0 saturated heterocycles. The van der Waals surface area contributed by atoms with E-state index < -0.39 is 0 Å². The van der Waals surface area contributed by atoms with Gasteiger partial charge in [-0.15, -0.1) is 0 Å². The van der Waals surface area contributed by atoms with Gasteiger partial charge in [0.05, 0.1) is 17.7 Å². The van der Waals surface area contributed by atoms with E-state index in [-0.39, 0.29) is 11.7 Å². The molecule has 6 heteroatoms. The molecule has 4 rings (SSSR count). The van der Waals surface area contributed by atoms with Gasteiger partial charge in [-0.05, 0) is 61.4 Å². The van der Waals surface area contributed by atoms with E-state index >= 15 is 0 Å². The van der Waals surface area contributed by atoms with Crippen molar-refractivity contribution in [3.05, 3.63) is 122 Å². The van der Waals surface area contributed by atoms with E-state index in [1.807, 2.05) is 92.8 Å². The lowest BCUT2D eigenvalue weighted by Gasteiger charge is -2.16. The molecule has 4 nitrogen and oxygen atoms in total. The van der Waals surface area contributed by atoms with Gasteiger partial charge in [0.2, 0.25) is 0 Å². The molecule has 1 heterocycles. The Hall–Kier alpha value is -3.21. The Balaban J connectivity index is 1.69. The molecule has 0 aliphatic heterocycles. The number of rotatable bonds is 8. The van der Waals surface area contributed by atoms with Crippen LogP contribution in [0.5, 0.6) is 5.75 Å². The monoisotopic (exact) mass is 492 g/mol. The van der Waals surface area contributed by atoms with Crippen molar-refractivity contribution in [3.8, 4) is 5.75 Å². The van der Waals surface area contributed by atoms with Crippen molar-refractivity contribution in [1.29, 1.82) is 0 Å². The molecule has 174 valence electrons. The van der Waals surface area contributed by atoms with Crippen molar-refractivity contribution >= 4 is 34.6 Å². The molecule has 0 bridgehead atoms. The largest absolute Gasteiger partial charge is 0.489 e. The van der Waals surface area contributed by atoms with Crippen LogP contribution in [-0.4, -0.2) is 10.7 Å². The molecule has 0 spiro atoms. The fraction of sp³-hybridized carbons (Fsp3) is 0.179. The van der Waals surface area contributed by atoms with E-state index in [9.17, 15) is 4.79 Å². The van der Waals surface area contributed by atoms with Gasteiger partial charge in [0, 0.05) is 34.6 Å². The molecule has 0 atom stereocenters. The third-order valence-corrected chi connectivity index (χ3v) is 5.88. The fourth-order valence-electron chi connectivity index (χ4n) is 3.70. The highest BCUT2D eigenvalue weighted by Crippen LogP contribution is 2.30. The number of aromatic nitrogens is 1. The lowest BCUT2D eigenvalue weighted by Crippen LogP contribution is -2.25. The average molecular weight is 493 g/mol. The van der Waals surface area contributed by atoms with Crippen LogP contribution in [0.2, 0.25) is 10.0 Å². The van der Waals surface area contributed by atoms with Gasteiger partial charge >= 0.3 is 0 Å². The SMILES string of the molecule is CC(C)Oc1ccc(Nc2ccn(Cc3ccccc3)c(=O)c2Cc2ccc(Cl)cc2)cc1Cl. The van der Waals surface area contributed by atoms with E-state index in [0.29, 0.717) is 34.3 Å². The normalized spacial score (nSPS) is 11.0. The van der Waals surface area contributed by atoms with Crippen LogP contribution in [0.3, 0.4) is 0 Å². The number of anilines is 2. The molecule has 0 fully saturated rings. The van der Waals surface area contributed by atoms with Crippen LogP contribution in [0, 0.1) is 0 Å². The second kappa shape index (κ2) is 10.8. The summed E-state index contributed by atoms with van der Waals surface area (Å²) < 4.78 is 7.46. The predicted molar refractivity (Wildman–Crippen MR) is 141 cm³/mol. The van der Waals surface area contributed by atoms with E-state index in [0.717, 1.165) is 22.5 Å². The zero-order valence-electron chi connectivity index (χ0n) is 19.1. The minimum Gasteiger partial charge on any atom is -0.489 e. The number of ether oxygens (including phenoxy) is 1. The number of hydrogen-bond acceptors (Lipinski definition) is 3. The zero-order chi connectivity index (χ0) is 24.1. The molecule has 0 unspecified atom stereocenters. The molecule has 0 saturated carbocycles. The first-order valence-corrected chi connectivity index (χ1v) is 11.9. The molecule has 0 radical (unpaired) electrons. The molecule has 34 heavy (non-hydrogen) atoms. The molecule has 1 N–H and O–H groups in total. The van der Waals surface area contributed by atoms with Crippen molar-refractivity contribution in [3.63, 3.8) is 0 Å². The van der Waals surface area contributed by atoms with E-state index in [4.69, 9.17) is 27.9 Å². The number of nitrogens with one attached hydrogen (secondary N) is 1. The van der Waals surface area contributed by atoms with Gasteiger partial charge in [-0.2, -0.15) is 0 Å². The van der Waals surface area contributed by atoms with Gasteiger partial charge in [-0.3, -0.25) is 4.79 Å². The van der Waals surface area contributed by atoms with E-state index in [1.54, 1.807) is 10.6 Å². The second-order valence-corrected chi connectivity index (χ2v) is 9.21. The summed E-state index contributed by atoms with van der Waals surface area (Å²) in [5.74, 6) is 0.627. The van der Waals surface area contributed by atoms with Crippen molar-refractivity contribution in [2.24, 2.45) is 0 Å². The zero-order valence-corrected chi connectivity index (χ0v) is 20.6. The predicted octanol–water partition coefficient (Wildman–Crippen LogP) is 7.33.